The van der Waals surface area contributed by atoms with Crippen molar-refractivity contribution in [2.75, 3.05) is 5.48 Å². The van der Waals surface area contributed by atoms with Crippen LogP contribution in [0.4, 0.5) is 5.95 Å². The Bertz CT molecular complexity index is 701. The van der Waals surface area contributed by atoms with Crippen molar-refractivity contribution < 1.29 is 9.94 Å². The monoisotopic (exact) mass is 253 g/mol. The Morgan fingerprint density at radius 3 is 2.63 bits per heavy atom. The molecular weight excluding hydrogens is 242 g/mol. The smallest absolute Gasteiger partial charge is 0.247 e. The second-order valence-electron chi connectivity index (χ2n) is 3.94. The largest absolute Gasteiger partial charge is 0.457 e. The topological polar surface area (TPSA) is 67.3 Å². The Morgan fingerprint density at radius 1 is 1.00 bits per heavy atom. The molecule has 0 aliphatic carbocycles. The van der Waals surface area contributed by atoms with Gasteiger partial charge in [0.1, 0.15) is 11.5 Å². The minimum absolute atomic E-state index is 0.171. The number of fused-ring (bicyclic) bond motifs is 1. The summed E-state index contributed by atoms with van der Waals surface area (Å²) in [5, 5.41) is 9.59. The van der Waals surface area contributed by atoms with E-state index in [1.807, 2.05) is 54.0 Å². The molecule has 2 aromatic carbocycles. The van der Waals surface area contributed by atoms with Crippen molar-refractivity contribution in [3.63, 3.8) is 0 Å². The number of nitrogens with zero attached hydrogens (tertiary/aromatic N) is 2. The highest BCUT2D eigenvalue weighted by molar-refractivity contribution is 5.80. The first-order valence-electron chi connectivity index (χ1n) is 5.75. The van der Waals surface area contributed by atoms with E-state index in [1.54, 1.807) is 6.20 Å². The van der Waals surface area contributed by atoms with E-state index in [0.717, 1.165) is 16.7 Å². The molecule has 1 aromatic heterocycles. The molecule has 1 heterocycles. The molecule has 0 spiro atoms. The third-order valence-corrected chi connectivity index (χ3v) is 2.63. The molecule has 0 radical (unpaired) electrons. The number of benzene rings is 2. The van der Waals surface area contributed by atoms with Crippen LogP contribution in [0.5, 0.6) is 11.5 Å². The summed E-state index contributed by atoms with van der Waals surface area (Å²) in [5.41, 5.74) is 2.65. The van der Waals surface area contributed by atoms with Gasteiger partial charge in [-0.25, -0.2) is 15.4 Å². The highest BCUT2D eigenvalue weighted by atomic mass is 16.5. The van der Waals surface area contributed by atoms with Crippen LogP contribution in [0.25, 0.3) is 10.9 Å². The average Bonchev–Trinajstić information content (AvgIpc) is 2.48. The van der Waals surface area contributed by atoms with Gasteiger partial charge in [0.05, 0.1) is 5.52 Å². The molecule has 0 saturated carbocycles. The van der Waals surface area contributed by atoms with Crippen molar-refractivity contribution >= 4 is 16.9 Å². The molecule has 5 nitrogen and oxygen atoms in total. The summed E-state index contributed by atoms with van der Waals surface area (Å²) >= 11 is 0. The standard InChI is InChI=1S/C14H11N3O2/c18-17-14-15-9-10-8-12(6-7-13(10)16-14)19-11-4-2-1-3-5-11/h1-9,18H,(H,15,16,17). The van der Waals surface area contributed by atoms with E-state index in [2.05, 4.69) is 9.97 Å². The summed E-state index contributed by atoms with van der Waals surface area (Å²) in [5.74, 6) is 1.66. The highest BCUT2D eigenvalue weighted by Crippen LogP contribution is 2.24. The van der Waals surface area contributed by atoms with Gasteiger partial charge in [0, 0.05) is 11.6 Å². The molecule has 0 amide bonds. The van der Waals surface area contributed by atoms with Crippen LogP contribution in [0, 0.1) is 0 Å². The van der Waals surface area contributed by atoms with Gasteiger partial charge in [-0.05, 0) is 30.3 Å². The summed E-state index contributed by atoms with van der Waals surface area (Å²) in [4.78, 5) is 8.06. The van der Waals surface area contributed by atoms with Crippen LogP contribution in [0.15, 0.2) is 54.7 Å². The second-order valence-corrected chi connectivity index (χ2v) is 3.94. The number of hydrogen-bond acceptors (Lipinski definition) is 5. The van der Waals surface area contributed by atoms with Gasteiger partial charge >= 0.3 is 0 Å². The number of hydrogen-bond donors (Lipinski definition) is 2. The number of nitrogens with one attached hydrogen (secondary N) is 1. The Labute approximate surface area is 109 Å². The SMILES string of the molecule is ONc1ncc2cc(Oc3ccccc3)ccc2n1. The molecule has 0 atom stereocenters. The summed E-state index contributed by atoms with van der Waals surface area (Å²) in [6.07, 6.45) is 1.62. The molecule has 5 heteroatoms. The Hall–Kier alpha value is -2.66. The van der Waals surface area contributed by atoms with E-state index in [0.29, 0.717) is 5.75 Å². The van der Waals surface area contributed by atoms with Crippen LogP contribution in [0.3, 0.4) is 0 Å². The number of aromatic nitrogens is 2. The number of anilines is 1. The lowest BCUT2D eigenvalue weighted by molar-refractivity contribution is 0.383. The van der Waals surface area contributed by atoms with Crippen LogP contribution < -0.4 is 10.2 Å². The summed E-state index contributed by atoms with van der Waals surface area (Å²) < 4.78 is 5.72. The van der Waals surface area contributed by atoms with Crippen molar-refractivity contribution in [2.24, 2.45) is 0 Å². The lowest BCUT2D eigenvalue weighted by Gasteiger charge is -2.06. The van der Waals surface area contributed by atoms with E-state index in [1.165, 1.54) is 0 Å². The van der Waals surface area contributed by atoms with Crippen molar-refractivity contribution in [1.82, 2.24) is 9.97 Å². The first-order valence-corrected chi connectivity index (χ1v) is 5.75. The third kappa shape index (κ3) is 2.46. The van der Waals surface area contributed by atoms with E-state index in [9.17, 15) is 0 Å². The zero-order valence-electron chi connectivity index (χ0n) is 9.95. The van der Waals surface area contributed by atoms with E-state index in [4.69, 9.17) is 9.94 Å². The molecule has 0 saturated heterocycles. The number of para-hydroxylation sites is 1. The summed E-state index contributed by atoms with van der Waals surface area (Å²) in [7, 11) is 0. The van der Waals surface area contributed by atoms with Crippen molar-refractivity contribution in [1.29, 1.82) is 0 Å². The van der Waals surface area contributed by atoms with Crippen molar-refractivity contribution in [2.45, 2.75) is 0 Å². The molecule has 0 aliphatic heterocycles. The van der Waals surface area contributed by atoms with Gasteiger partial charge in [-0.15, -0.1) is 0 Å². The minimum atomic E-state index is 0.171. The Kier molecular flexibility index (Phi) is 2.96. The molecule has 19 heavy (non-hydrogen) atoms. The first-order chi connectivity index (χ1) is 9.35. The predicted molar refractivity (Wildman–Crippen MR) is 71.5 cm³/mol. The highest BCUT2D eigenvalue weighted by Gasteiger charge is 2.02. The lowest BCUT2D eigenvalue weighted by atomic mass is 10.2. The summed E-state index contributed by atoms with van der Waals surface area (Å²) in [6, 6.07) is 15.0. The molecular formula is C14H11N3O2. The minimum Gasteiger partial charge on any atom is -0.457 e. The van der Waals surface area contributed by atoms with Gasteiger partial charge in [-0.2, -0.15) is 0 Å². The maximum atomic E-state index is 8.75. The maximum Gasteiger partial charge on any atom is 0.247 e. The van der Waals surface area contributed by atoms with Crippen LogP contribution in [-0.4, -0.2) is 15.2 Å². The maximum absolute atomic E-state index is 8.75. The van der Waals surface area contributed by atoms with Gasteiger partial charge in [0.15, 0.2) is 0 Å². The normalized spacial score (nSPS) is 10.4. The van der Waals surface area contributed by atoms with Gasteiger partial charge in [0.25, 0.3) is 0 Å². The molecule has 3 aromatic rings. The Morgan fingerprint density at radius 2 is 1.84 bits per heavy atom. The van der Waals surface area contributed by atoms with Gasteiger partial charge in [-0.3, -0.25) is 5.21 Å². The predicted octanol–water partition coefficient (Wildman–Crippen LogP) is 3.22. The molecule has 2 N–H and O–H groups in total. The molecule has 94 valence electrons. The van der Waals surface area contributed by atoms with Crippen molar-refractivity contribution in [3.8, 4) is 11.5 Å². The number of rotatable bonds is 3. The zero-order valence-corrected chi connectivity index (χ0v) is 9.95. The van der Waals surface area contributed by atoms with Crippen LogP contribution in [0.1, 0.15) is 0 Å². The van der Waals surface area contributed by atoms with Crippen LogP contribution in [0.2, 0.25) is 0 Å². The fraction of sp³-hybridized carbons (Fsp3) is 0. The van der Waals surface area contributed by atoms with E-state index in [-0.39, 0.29) is 5.95 Å². The van der Waals surface area contributed by atoms with Gasteiger partial charge < -0.3 is 4.74 Å². The van der Waals surface area contributed by atoms with Gasteiger partial charge in [-0.1, -0.05) is 18.2 Å². The number of ether oxygens (including phenoxy) is 1. The fourth-order valence-electron chi connectivity index (χ4n) is 1.75. The molecule has 0 unspecified atom stereocenters. The average molecular weight is 253 g/mol. The molecule has 0 fully saturated rings. The zero-order chi connectivity index (χ0) is 13.1. The van der Waals surface area contributed by atoms with Crippen LogP contribution in [-0.2, 0) is 0 Å². The van der Waals surface area contributed by atoms with Crippen molar-refractivity contribution in [3.05, 3.63) is 54.7 Å². The van der Waals surface area contributed by atoms with Crippen LogP contribution >= 0.6 is 0 Å². The molecule has 3 rings (SSSR count). The summed E-state index contributed by atoms with van der Waals surface area (Å²) in [6.45, 7) is 0. The van der Waals surface area contributed by atoms with E-state index < -0.39 is 0 Å². The first kappa shape index (κ1) is 11.4. The third-order valence-electron chi connectivity index (χ3n) is 2.63. The van der Waals surface area contributed by atoms with Gasteiger partial charge in [0.2, 0.25) is 5.95 Å². The molecule has 0 aliphatic rings. The van der Waals surface area contributed by atoms with E-state index >= 15 is 0 Å². The molecule has 0 bridgehead atoms. The fourth-order valence-corrected chi connectivity index (χ4v) is 1.75. The second kappa shape index (κ2) is 4.91. The lowest BCUT2D eigenvalue weighted by Crippen LogP contribution is -1.96. The Balaban J connectivity index is 1.94. The quantitative estimate of drug-likeness (QED) is 0.701.